The van der Waals surface area contributed by atoms with Crippen LogP contribution in [-0.4, -0.2) is 32.8 Å². The topological polar surface area (TPSA) is 56.7 Å². The molecule has 60 heavy (non-hydrogen) atoms. The zero-order valence-electron chi connectivity index (χ0n) is 36.0. The third-order valence-corrected chi connectivity index (χ3v) is 15.5. The average Bonchev–Trinajstić information content (AvgIpc) is 3.80. The number of hydrogen-bond acceptors (Lipinski definition) is 4. The van der Waals surface area contributed by atoms with Crippen molar-refractivity contribution in [1.82, 2.24) is 19.5 Å². The van der Waals surface area contributed by atoms with Crippen LogP contribution in [0.15, 0.2) is 132 Å². The molecule has 0 amide bonds. The van der Waals surface area contributed by atoms with E-state index in [2.05, 4.69) is 163 Å². The number of para-hydroxylation sites is 2. The van der Waals surface area contributed by atoms with E-state index < -0.39 is 13.3 Å². The summed E-state index contributed by atoms with van der Waals surface area (Å²) in [6.07, 6.45) is 3.96. The molecule has 0 saturated heterocycles. The monoisotopic (exact) mass is 1030 g/mol. The fourth-order valence-electron chi connectivity index (χ4n) is 8.00. The van der Waals surface area contributed by atoms with E-state index in [1.54, 1.807) is 0 Å². The van der Waals surface area contributed by atoms with Crippen molar-refractivity contribution in [3.63, 3.8) is 0 Å². The van der Waals surface area contributed by atoms with E-state index in [4.69, 9.17) is 9.40 Å². The molecule has 1 radical (unpaired) electrons. The van der Waals surface area contributed by atoms with Gasteiger partial charge in [-0.2, -0.15) is 0 Å². The van der Waals surface area contributed by atoms with Crippen LogP contribution in [0.1, 0.15) is 67.5 Å². The number of aryl methyl sites for hydroxylation is 2. The third kappa shape index (κ3) is 8.70. The number of fused-ring (bicyclic) bond motifs is 4. The molecular weight excluding hydrogens is 973 g/mol. The fraction of sp³-hybridized carbons (Fsp3) is 0.226. The summed E-state index contributed by atoms with van der Waals surface area (Å²) in [7, 11) is 0. The average molecular weight is 1030 g/mol. The number of imidazole rings is 1. The summed E-state index contributed by atoms with van der Waals surface area (Å²) in [5.74, 6) is 8.73. The van der Waals surface area contributed by atoms with Gasteiger partial charge in [0, 0.05) is 50.0 Å². The predicted molar refractivity (Wildman–Crippen MR) is 249 cm³/mol. The van der Waals surface area contributed by atoms with E-state index in [-0.39, 0.29) is 20.1 Å². The van der Waals surface area contributed by atoms with E-state index in [1.165, 1.54) is 32.2 Å². The number of aromatic nitrogens is 4. The van der Waals surface area contributed by atoms with Crippen molar-refractivity contribution < 1.29 is 24.5 Å². The van der Waals surface area contributed by atoms with Crippen molar-refractivity contribution in [3.8, 4) is 33.8 Å². The molecule has 4 heterocycles. The van der Waals surface area contributed by atoms with Gasteiger partial charge in [0.2, 0.25) is 0 Å². The van der Waals surface area contributed by atoms with Crippen LogP contribution < -0.4 is 4.40 Å². The van der Waals surface area contributed by atoms with Crippen LogP contribution in [-0.2, 0) is 26.7 Å². The second-order valence-corrected chi connectivity index (χ2v) is 27.9. The smallest absolute Gasteiger partial charge is 0 e. The molecule has 0 fully saturated rings. The van der Waals surface area contributed by atoms with Crippen molar-refractivity contribution >= 4 is 50.6 Å². The second kappa shape index (κ2) is 17.8. The van der Waals surface area contributed by atoms with E-state index >= 15 is 0 Å². The summed E-state index contributed by atoms with van der Waals surface area (Å²) in [5, 5.41) is 2.10. The Bertz CT molecular complexity index is 2880. The molecule has 5 nitrogen and oxygen atoms in total. The SMILES string of the molecule is Cc1cc2oc3c(-c4nc5ccccc5n4Cc4c(C(C)C)cc(-c5ccccc5)cc4C(C)C)[c-]cc(C)c3c2cn1.[CH3][Ge]([CH3])([CH3])[c]1ccc(-c2[c-]cccc2)nc1.[Ir]. The molecule has 9 aromatic rings. The summed E-state index contributed by atoms with van der Waals surface area (Å²) in [5.41, 5.74) is 15.4. The van der Waals surface area contributed by atoms with Crippen LogP contribution in [0.2, 0.25) is 17.3 Å². The Morgan fingerprint density at radius 2 is 1.43 bits per heavy atom. The normalized spacial score (nSPS) is 11.7. The van der Waals surface area contributed by atoms with Gasteiger partial charge in [-0.25, -0.2) is 0 Å². The Balaban J connectivity index is 0.000000270. The van der Waals surface area contributed by atoms with Gasteiger partial charge in [0.25, 0.3) is 0 Å². The number of rotatable bonds is 8. The van der Waals surface area contributed by atoms with Gasteiger partial charge in [0.15, 0.2) is 0 Å². The Kier molecular flexibility index (Phi) is 12.8. The standard InChI is InChI=1S/C39H36N3O.C14H16GeN.Ir/c1-23(2)30-19-28(27-12-8-7-9-13-27)20-31(24(3)4)33(30)22-42-35-15-11-10-14-34(35)41-39(42)29-17-16-25(5)37-32-21-40-26(6)18-36(32)43-38(29)37;1-15(2,3)13-9-10-14(16-11-13)12-7-5-4-6-8-12;/h7-16,18-21,23-24H,22H2,1-6H3;4-7,9-11H,1-3H3;/q2*-1;. The van der Waals surface area contributed by atoms with Crippen LogP contribution in [0.3, 0.4) is 0 Å². The first-order chi connectivity index (χ1) is 28.4. The summed E-state index contributed by atoms with van der Waals surface area (Å²) in [6, 6.07) is 47.0. The van der Waals surface area contributed by atoms with E-state index in [0.717, 1.165) is 66.9 Å². The van der Waals surface area contributed by atoms with Gasteiger partial charge in [-0.1, -0.05) is 100 Å². The zero-order valence-corrected chi connectivity index (χ0v) is 40.5. The minimum absolute atomic E-state index is 0. The predicted octanol–water partition coefficient (Wildman–Crippen LogP) is 13.5. The van der Waals surface area contributed by atoms with Crippen LogP contribution in [0, 0.1) is 26.0 Å². The molecule has 9 rings (SSSR count). The van der Waals surface area contributed by atoms with Crippen LogP contribution in [0.25, 0.3) is 66.7 Å². The summed E-state index contributed by atoms with van der Waals surface area (Å²) >= 11 is -1.72. The van der Waals surface area contributed by atoms with Crippen molar-refractivity contribution in [2.24, 2.45) is 0 Å². The Labute approximate surface area is 371 Å². The molecule has 0 aliphatic heterocycles. The van der Waals surface area contributed by atoms with Gasteiger partial charge < -0.3 is 8.98 Å². The first-order valence-electron chi connectivity index (χ1n) is 20.7. The van der Waals surface area contributed by atoms with E-state index in [0.29, 0.717) is 18.4 Å². The van der Waals surface area contributed by atoms with E-state index in [9.17, 15) is 0 Å². The summed E-state index contributed by atoms with van der Waals surface area (Å²) < 4.78 is 10.4. The van der Waals surface area contributed by atoms with Gasteiger partial charge in [0.1, 0.15) is 5.58 Å². The quantitative estimate of drug-likeness (QED) is 0.112. The van der Waals surface area contributed by atoms with Gasteiger partial charge >= 0.3 is 99.8 Å². The van der Waals surface area contributed by atoms with Crippen LogP contribution >= 0.6 is 0 Å². The minimum atomic E-state index is -1.72. The molecule has 305 valence electrons. The first-order valence-corrected chi connectivity index (χ1v) is 28.0. The van der Waals surface area contributed by atoms with E-state index in [1.807, 2.05) is 49.6 Å². The van der Waals surface area contributed by atoms with Gasteiger partial charge in [-0.05, 0) is 58.7 Å². The summed E-state index contributed by atoms with van der Waals surface area (Å²) in [4.78, 5) is 14.3. The molecular formula is C53H52GeIrN4O-2. The maximum atomic E-state index is 6.56. The molecule has 0 atom stereocenters. The molecule has 0 aliphatic rings. The van der Waals surface area contributed by atoms with Crippen LogP contribution in [0.5, 0.6) is 0 Å². The van der Waals surface area contributed by atoms with Crippen molar-refractivity contribution in [3.05, 3.63) is 168 Å². The minimum Gasteiger partial charge on any atom is 0 e. The number of furan rings is 1. The maximum Gasteiger partial charge on any atom is 0 e. The second-order valence-electron chi connectivity index (χ2n) is 17.3. The van der Waals surface area contributed by atoms with Gasteiger partial charge in [0.05, 0.1) is 22.4 Å². The molecule has 0 unspecified atom stereocenters. The number of hydrogen-bond donors (Lipinski definition) is 0. The van der Waals surface area contributed by atoms with Crippen LogP contribution in [0.4, 0.5) is 0 Å². The Morgan fingerprint density at radius 3 is 2.08 bits per heavy atom. The summed E-state index contributed by atoms with van der Waals surface area (Å²) in [6.45, 7) is 14.0. The molecule has 0 aliphatic carbocycles. The number of nitrogens with zero attached hydrogens (tertiary/aromatic N) is 4. The molecule has 5 aromatic carbocycles. The fourth-order valence-corrected chi connectivity index (χ4v) is 10.2. The largest absolute Gasteiger partial charge is 0 e. The first kappa shape index (κ1) is 43.0. The molecule has 0 bridgehead atoms. The maximum absolute atomic E-state index is 6.56. The molecule has 0 saturated carbocycles. The number of benzene rings is 5. The van der Waals surface area contributed by atoms with Gasteiger partial charge in [-0.15, -0.1) is 17.7 Å². The molecule has 7 heteroatoms. The number of pyridine rings is 2. The molecule has 0 N–H and O–H groups in total. The third-order valence-electron chi connectivity index (χ3n) is 11.2. The van der Waals surface area contributed by atoms with Gasteiger partial charge in [-0.3, -0.25) is 9.97 Å². The van der Waals surface area contributed by atoms with Crippen molar-refractivity contribution in [1.29, 1.82) is 0 Å². The Morgan fingerprint density at radius 1 is 0.733 bits per heavy atom. The molecule has 0 spiro atoms. The van der Waals surface area contributed by atoms with Crippen molar-refractivity contribution in [2.45, 2.75) is 77.2 Å². The molecule has 4 aromatic heterocycles. The van der Waals surface area contributed by atoms with Crippen molar-refractivity contribution in [2.75, 3.05) is 0 Å². The Hall–Kier alpha value is -5.14. The zero-order chi connectivity index (χ0) is 41.4.